The fraction of sp³-hybridized carbons (Fsp3) is 0.273. The van der Waals surface area contributed by atoms with E-state index in [9.17, 15) is 9.59 Å². The quantitative estimate of drug-likeness (QED) is 0.673. The van der Waals surface area contributed by atoms with E-state index >= 15 is 0 Å². The molecule has 98 valence electrons. The van der Waals surface area contributed by atoms with Crippen molar-refractivity contribution < 1.29 is 19.8 Å². The molecule has 6 nitrogen and oxygen atoms in total. The number of carbonyl (C=O) groups is 2. The SMILES string of the molecule is Cc1ccc(NC(=O)NCC(O)C(=O)O)c(Br)c1. The number of anilines is 1. The molecule has 0 radical (unpaired) electrons. The van der Waals surface area contributed by atoms with Gasteiger partial charge in [0.25, 0.3) is 0 Å². The van der Waals surface area contributed by atoms with Gasteiger partial charge in [-0.3, -0.25) is 0 Å². The van der Waals surface area contributed by atoms with Crippen molar-refractivity contribution in [3.63, 3.8) is 0 Å². The molecule has 0 heterocycles. The maximum absolute atomic E-state index is 11.4. The van der Waals surface area contributed by atoms with E-state index < -0.39 is 18.1 Å². The van der Waals surface area contributed by atoms with Crippen LogP contribution in [0.25, 0.3) is 0 Å². The van der Waals surface area contributed by atoms with Gasteiger partial charge in [-0.1, -0.05) is 6.07 Å². The van der Waals surface area contributed by atoms with Crippen LogP contribution in [0, 0.1) is 6.92 Å². The zero-order valence-electron chi connectivity index (χ0n) is 9.61. The summed E-state index contributed by atoms with van der Waals surface area (Å²) in [5.41, 5.74) is 1.59. The van der Waals surface area contributed by atoms with Crippen LogP contribution in [0.1, 0.15) is 5.56 Å². The number of hydrogen-bond acceptors (Lipinski definition) is 3. The first kappa shape index (κ1) is 14.5. The van der Waals surface area contributed by atoms with Crippen LogP contribution in [-0.2, 0) is 4.79 Å². The minimum absolute atomic E-state index is 0.357. The van der Waals surface area contributed by atoms with Crippen LogP contribution in [0.3, 0.4) is 0 Å². The van der Waals surface area contributed by atoms with E-state index in [1.165, 1.54) is 0 Å². The molecule has 1 rings (SSSR count). The van der Waals surface area contributed by atoms with Gasteiger partial charge < -0.3 is 20.8 Å². The van der Waals surface area contributed by atoms with Gasteiger partial charge in [-0.05, 0) is 40.5 Å². The Balaban J connectivity index is 2.52. The second-order valence-corrected chi connectivity index (χ2v) is 4.53. The van der Waals surface area contributed by atoms with Crippen LogP contribution in [0.4, 0.5) is 10.5 Å². The lowest BCUT2D eigenvalue weighted by Gasteiger charge is -2.10. The lowest BCUT2D eigenvalue weighted by atomic mass is 10.2. The highest BCUT2D eigenvalue weighted by Crippen LogP contribution is 2.23. The molecule has 1 aromatic carbocycles. The molecule has 1 aromatic rings. The number of rotatable bonds is 4. The number of aryl methyl sites for hydroxylation is 1. The summed E-state index contributed by atoms with van der Waals surface area (Å²) in [6.07, 6.45) is -1.61. The highest BCUT2D eigenvalue weighted by atomic mass is 79.9. The van der Waals surface area contributed by atoms with Crippen molar-refractivity contribution in [2.24, 2.45) is 0 Å². The molecule has 0 saturated carbocycles. The highest BCUT2D eigenvalue weighted by Gasteiger charge is 2.14. The average Bonchev–Trinajstić information content (AvgIpc) is 2.29. The number of aliphatic hydroxyl groups is 1. The van der Waals surface area contributed by atoms with Crippen LogP contribution >= 0.6 is 15.9 Å². The minimum atomic E-state index is -1.61. The number of benzene rings is 1. The third-order valence-corrected chi connectivity index (χ3v) is 2.77. The first-order valence-electron chi connectivity index (χ1n) is 5.12. The molecule has 0 aliphatic carbocycles. The molecule has 0 spiro atoms. The Morgan fingerprint density at radius 2 is 2.11 bits per heavy atom. The second-order valence-electron chi connectivity index (χ2n) is 3.67. The Morgan fingerprint density at radius 1 is 1.44 bits per heavy atom. The van der Waals surface area contributed by atoms with Crippen molar-refractivity contribution in [3.05, 3.63) is 28.2 Å². The van der Waals surface area contributed by atoms with Gasteiger partial charge in [0.1, 0.15) is 0 Å². The van der Waals surface area contributed by atoms with Crippen LogP contribution in [0.15, 0.2) is 22.7 Å². The number of hydrogen-bond donors (Lipinski definition) is 4. The van der Waals surface area contributed by atoms with Gasteiger partial charge in [-0.25, -0.2) is 9.59 Å². The maximum atomic E-state index is 11.4. The number of aliphatic carboxylic acids is 1. The predicted octanol–water partition coefficient (Wildman–Crippen LogP) is 1.32. The number of halogens is 1. The minimum Gasteiger partial charge on any atom is -0.479 e. The first-order chi connectivity index (χ1) is 8.40. The van der Waals surface area contributed by atoms with E-state index in [-0.39, 0.29) is 6.54 Å². The number of nitrogens with one attached hydrogen (secondary N) is 2. The molecule has 0 fully saturated rings. The lowest BCUT2D eigenvalue weighted by molar-refractivity contribution is -0.146. The monoisotopic (exact) mass is 316 g/mol. The van der Waals surface area contributed by atoms with Crippen molar-refractivity contribution in [3.8, 4) is 0 Å². The Labute approximate surface area is 112 Å². The molecule has 1 unspecified atom stereocenters. The van der Waals surface area contributed by atoms with E-state index in [1.54, 1.807) is 6.07 Å². The third kappa shape index (κ3) is 4.34. The third-order valence-electron chi connectivity index (χ3n) is 2.11. The van der Waals surface area contributed by atoms with Gasteiger partial charge in [-0.15, -0.1) is 0 Å². The van der Waals surface area contributed by atoms with E-state index in [1.807, 2.05) is 19.1 Å². The van der Waals surface area contributed by atoms with Crippen molar-refractivity contribution >= 4 is 33.6 Å². The van der Waals surface area contributed by atoms with Crippen molar-refractivity contribution in [1.29, 1.82) is 0 Å². The lowest BCUT2D eigenvalue weighted by Crippen LogP contribution is -2.38. The Bertz CT molecular complexity index is 464. The molecule has 0 aromatic heterocycles. The Hall–Kier alpha value is -1.60. The summed E-state index contributed by atoms with van der Waals surface area (Å²) >= 11 is 3.29. The van der Waals surface area contributed by atoms with Crippen LogP contribution < -0.4 is 10.6 Å². The maximum Gasteiger partial charge on any atom is 0.334 e. The summed E-state index contributed by atoms with van der Waals surface area (Å²) in [5.74, 6) is -1.38. The van der Waals surface area contributed by atoms with Gasteiger partial charge in [0, 0.05) is 4.47 Å². The van der Waals surface area contributed by atoms with Gasteiger partial charge in [-0.2, -0.15) is 0 Å². The normalized spacial score (nSPS) is 11.7. The largest absolute Gasteiger partial charge is 0.479 e. The number of carbonyl (C=O) groups excluding carboxylic acids is 1. The van der Waals surface area contributed by atoms with Gasteiger partial charge >= 0.3 is 12.0 Å². The van der Waals surface area contributed by atoms with Crippen LogP contribution in [0.2, 0.25) is 0 Å². The van der Waals surface area contributed by atoms with Crippen LogP contribution in [0.5, 0.6) is 0 Å². The molecule has 0 aliphatic rings. The average molecular weight is 317 g/mol. The fourth-order valence-corrected chi connectivity index (χ4v) is 1.76. The summed E-state index contributed by atoms with van der Waals surface area (Å²) in [7, 11) is 0. The summed E-state index contributed by atoms with van der Waals surface area (Å²) in [5, 5.41) is 22.2. The standard InChI is InChI=1S/C11H13BrN2O4/c1-6-2-3-8(7(12)4-6)14-11(18)13-5-9(15)10(16)17/h2-4,9,15H,5H2,1H3,(H,16,17)(H2,13,14,18). The molecule has 4 N–H and O–H groups in total. The van der Waals surface area contributed by atoms with Crippen LogP contribution in [-0.4, -0.2) is 34.9 Å². The predicted molar refractivity (Wildman–Crippen MR) is 69.5 cm³/mol. The Morgan fingerprint density at radius 3 is 2.67 bits per heavy atom. The molecule has 0 saturated heterocycles. The summed E-state index contributed by atoms with van der Waals surface area (Å²) < 4.78 is 0.719. The van der Waals surface area contributed by atoms with Crippen molar-refractivity contribution in [2.45, 2.75) is 13.0 Å². The molecule has 7 heteroatoms. The summed E-state index contributed by atoms with van der Waals surface area (Å²) in [6.45, 7) is 1.56. The molecule has 2 amide bonds. The van der Waals surface area contributed by atoms with Crippen molar-refractivity contribution in [1.82, 2.24) is 5.32 Å². The first-order valence-corrected chi connectivity index (χ1v) is 5.91. The molecule has 1 atom stereocenters. The highest BCUT2D eigenvalue weighted by molar-refractivity contribution is 9.10. The van der Waals surface area contributed by atoms with Gasteiger partial charge in [0.15, 0.2) is 6.10 Å². The van der Waals surface area contributed by atoms with E-state index in [2.05, 4.69) is 26.6 Å². The molecule has 0 aliphatic heterocycles. The summed E-state index contributed by atoms with van der Waals surface area (Å²) in [4.78, 5) is 21.8. The topological polar surface area (TPSA) is 98.7 Å². The van der Waals surface area contributed by atoms with Gasteiger partial charge in [0.05, 0.1) is 12.2 Å². The number of urea groups is 1. The van der Waals surface area contributed by atoms with E-state index in [4.69, 9.17) is 10.2 Å². The molecular weight excluding hydrogens is 304 g/mol. The zero-order valence-corrected chi connectivity index (χ0v) is 11.2. The molecular formula is C11H13BrN2O4. The number of aliphatic hydroxyl groups excluding tert-OH is 1. The number of carboxylic acid groups (broad SMARTS) is 1. The fourth-order valence-electron chi connectivity index (χ4n) is 1.16. The number of amides is 2. The second kappa shape index (κ2) is 6.36. The van der Waals surface area contributed by atoms with Crippen molar-refractivity contribution in [2.75, 3.05) is 11.9 Å². The summed E-state index contributed by atoms with van der Waals surface area (Å²) in [6, 6.07) is 4.79. The molecule has 18 heavy (non-hydrogen) atoms. The van der Waals surface area contributed by atoms with E-state index in [0.29, 0.717) is 5.69 Å². The zero-order chi connectivity index (χ0) is 13.7. The number of carboxylic acids is 1. The Kier molecular flexibility index (Phi) is 5.11. The smallest absolute Gasteiger partial charge is 0.334 e. The van der Waals surface area contributed by atoms with Gasteiger partial charge in [0.2, 0.25) is 0 Å². The molecule has 0 bridgehead atoms. The van der Waals surface area contributed by atoms with E-state index in [0.717, 1.165) is 10.0 Å².